The monoisotopic (exact) mass is 697 g/mol. The molecule has 0 aliphatic heterocycles. The predicted octanol–water partition coefficient (Wildman–Crippen LogP) is 8.54. The lowest BCUT2D eigenvalue weighted by Crippen LogP contribution is -2.28. The molecule has 0 aliphatic rings. The molecule has 0 saturated heterocycles. The summed E-state index contributed by atoms with van der Waals surface area (Å²) in [5.74, 6) is -1.02. The lowest BCUT2D eigenvalue weighted by molar-refractivity contribution is -0.142. The van der Waals surface area contributed by atoms with Gasteiger partial charge in [-0.05, 0) is 79.1 Å². The van der Waals surface area contributed by atoms with Gasteiger partial charge >= 0.3 is 21.6 Å². The first-order chi connectivity index (χ1) is 22.3. The highest BCUT2D eigenvalue weighted by atomic mass is 35.5. The van der Waals surface area contributed by atoms with Gasteiger partial charge in [0.2, 0.25) is 5.88 Å². The maximum atomic E-state index is 12.7. The molecule has 8 nitrogen and oxygen atoms in total. The molecule has 0 unspecified atom stereocenters. The molecule has 0 amide bonds. The second kappa shape index (κ2) is 12.5. The highest BCUT2D eigenvalue weighted by molar-refractivity contribution is 7.87. The minimum Gasteiger partial charge on any atom is -0.466 e. The van der Waals surface area contributed by atoms with Gasteiger partial charge in [-0.25, -0.2) is 9.97 Å². The number of pyridine rings is 2. The second-order valence-corrected chi connectivity index (χ2v) is 13.3. The highest BCUT2D eigenvalue weighted by Gasteiger charge is 2.48. The van der Waals surface area contributed by atoms with Crippen LogP contribution in [0.5, 0.6) is 5.88 Å². The van der Waals surface area contributed by atoms with Gasteiger partial charge in [-0.3, -0.25) is 9.78 Å². The molecular weight excluding hydrogens is 675 g/mol. The van der Waals surface area contributed by atoms with Gasteiger partial charge in [0.1, 0.15) is 5.01 Å². The Kier molecular flexibility index (Phi) is 8.64. The van der Waals surface area contributed by atoms with E-state index in [-0.39, 0.29) is 24.5 Å². The zero-order valence-corrected chi connectivity index (χ0v) is 27.0. The molecule has 0 spiro atoms. The fourth-order valence-corrected chi connectivity index (χ4v) is 6.73. The number of carbonyl (C=O) groups excluding carboxylic acids is 1. The number of hydrogen-bond donors (Lipinski definition) is 0. The van der Waals surface area contributed by atoms with Gasteiger partial charge in [-0.15, -0.1) is 11.3 Å². The summed E-state index contributed by atoms with van der Waals surface area (Å²) in [6.45, 7) is 3.99. The summed E-state index contributed by atoms with van der Waals surface area (Å²) >= 11 is 7.66. The molecule has 3 aromatic heterocycles. The Morgan fingerprint density at radius 1 is 0.915 bits per heavy atom. The van der Waals surface area contributed by atoms with Gasteiger partial charge in [0.25, 0.3) is 0 Å². The maximum absolute atomic E-state index is 12.7. The minimum atomic E-state index is -5.85. The molecule has 0 saturated carbocycles. The number of carbonyl (C=O) groups is 1. The third-order valence-corrected chi connectivity index (χ3v) is 9.56. The van der Waals surface area contributed by atoms with E-state index < -0.39 is 21.5 Å². The molecule has 0 radical (unpaired) electrons. The maximum Gasteiger partial charge on any atom is 0.534 e. The zero-order chi connectivity index (χ0) is 33.5. The van der Waals surface area contributed by atoms with Gasteiger partial charge in [-0.1, -0.05) is 29.8 Å². The molecule has 0 atom stereocenters. The van der Waals surface area contributed by atoms with Crippen LogP contribution in [0.2, 0.25) is 5.02 Å². The Morgan fingerprint density at radius 2 is 1.66 bits per heavy atom. The summed E-state index contributed by atoms with van der Waals surface area (Å²) in [6.07, 6.45) is 1.75. The molecule has 240 valence electrons. The smallest absolute Gasteiger partial charge is 0.466 e. The Balaban J connectivity index is 1.38. The van der Waals surface area contributed by atoms with Gasteiger partial charge in [-0.2, -0.15) is 21.6 Å². The number of halogens is 4. The summed E-state index contributed by atoms with van der Waals surface area (Å²) < 4.78 is 71.3. The molecule has 47 heavy (non-hydrogen) atoms. The van der Waals surface area contributed by atoms with Crippen LogP contribution in [0.3, 0.4) is 0 Å². The van der Waals surface area contributed by atoms with Crippen LogP contribution in [0.4, 0.5) is 13.2 Å². The summed E-state index contributed by atoms with van der Waals surface area (Å²) in [5.41, 5.74) is 1.02. The fourth-order valence-electron chi connectivity index (χ4n) is 5.06. The quantitative estimate of drug-likeness (QED) is 0.0885. The number of esters is 1. The zero-order valence-electron chi connectivity index (χ0n) is 24.6. The van der Waals surface area contributed by atoms with E-state index in [1.807, 2.05) is 37.3 Å². The van der Waals surface area contributed by atoms with E-state index in [2.05, 4.69) is 14.2 Å². The molecule has 0 aliphatic carbocycles. The van der Waals surface area contributed by atoms with Crippen molar-refractivity contribution in [2.75, 3.05) is 6.61 Å². The van der Waals surface area contributed by atoms with E-state index in [0.29, 0.717) is 21.7 Å². The molecule has 6 rings (SSSR count). The Hall–Kier alpha value is -4.59. The molecule has 3 heterocycles. The van der Waals surface area contributed by atoms with Gasteiger partial charge in [0.15, 0.2) is 0 Å². The third-order valence-electron chi connectivity index (χ3n) is 7.22. The van der Waals surface area contributed by atoms with Crippen LogP contribution in [-0.2, 0) is 26.1 Å². The first kappa shape index (κ1) is 32.4. The predicted molar refractivity (Wildman–Crippen MR) is 175 cm³/mol. The van der Waals surface area contributed by atoms with Gasteiger partial charge < -0.3 is 8.92 Å². The third kappa shape index (κ3) is 6.64. The largest absolute Gasteiger partial charge is 0.534 e. The summed E-state index contributed by atoms with van der Waals surface area (Å²) in [5, 5.41) is 1.84. The lowest BCUT2D eigenvalue weighted by atomic mass is 9.93. The highest BCUT2D eigenvalue weighted by Crippen LogP contribution is 2.41. The van der Waals surface area contributed by atoms with Crippen LogP contribution in [0, 0.1) is 6.92 Å². The number of thiazole rings is 1. The Labute approximate surface area is 275 Å². The van der Waals surface area contributed by atoms with Gasteiger partial charge in [0, 0.05) is 39.4 Å². The van der Waals surface area contributed by atoms with E-state index in [9.17, 15) is 26.4 Å². The van der Waals surface area contributed by atoms with Crippen LogP contribution in [0.1, 0.15) is 18.1 Å². The standard InChI is InChI=1S/C33H23ClF3N3O5S2/c1-3-44-29(41)17-24-18(2)14-27-31(30(24)19-4-8-23(34)9-5-19)46-32(40-27)22-12-13-38-26(16-22)21-6-10-25-20(15-21)7-11-28(39-25)45-47(42,43)33(35,36)37/h4-16H,3,17H2,1-2H3. The van der Waals surface area contributed by atoms with Crippen LogP contribution in [0.25, 0.3) is 54.1 Å². The van der Waals surface area contributed by atoms with E-state index in [1.54, 1.807) is 37.4 Å². The number of rotatable bonds is 8. The van der Waals surface area contributed by atoms with Crippen molar-refractivity contribution in [3.8, 4) is 38.8 Å². The van der Waals surface area contributed by atoms with E-state index >= 15 is 0 Å². The fraction of sp³-hybridized carbons (Fsp3) is 0.152. The molecular formula is C33H23ClF3N3O5S2. The number of hydrogen-bond acceptors (Lipinski definition) is 9. The first-order valence-electron chi connectivity index (χ1n) is 14.1. The molecule has 3 aromatic carbocycles. The average Bonchev–Trinajstić information content (AvgIpc) is 3.45. The normalized spacial score (nSPS) is 12.0. The first-order valence-corrected chi connectivity index (χ1v) is 16.7. The molecule has 0 bridgehead atoms. The van der Waals surface area contributed by atoms with Crippen LogP contribution in [0.15, 0.2) is 79.0 Å². The van der Waals surface area contributed by atoms with Crippen molar-refractivity contribution in [1.82, 2.24) is 15.0 Å². The number of alkyl halides is 3. The Morgan fingerprint density at radius 3 is 2.38 bits per heavy atom. The second-order valence-electron chi connectivity index (χ2n) is 10.4. The Bertz CT molecular complexity index is 2270. The van der Waals surface area contributed by atoms with Crippen molar-refractivity contribution in [2.24, 2.45) is 0 Å². The van der Waals surface area contributed by atoms with Crippen LogP contribution >= 0.6 is 22.9 Å². The summed E-state index contributed by atoms with van der Waals surface area (Å²) in [4.78, 5) is 25.9. The van der Waals surface area contributed by atoms with Crippen molar-refractivity contribution in [1.29, 1.82) is 0 Å². The van der Waals surface area contributed by atoms with Gasteiger partial charge in [0.05, 0.1) is 34.5 Å². The van der Waals surface area contributed by atoms with Crippen molar-refractivity contribution < 1.29 is 35.3 Å². The van der Waals surface area contributed by atoms with Crippen LogP contribution < -0.4 is 4.18 Å². The molecule has 14 heteroatoms. The molecule has 0 N–H and O–H groups in total. The van der Waals surface area contributed by atoms with Crippen molar-refractivity contribution in [2.45, 2.75) is 25.8 Å². The van der Waals surface area contributed by atoms with E-state index in [0.717, 1.165) is 49.1 Å². The number of nitrogens with zero attached hydrogens (tertiary/aromatic N) is 3. The molecule has 0 fully saturated rings. The number of benzene rings is 3. The average molecular weight is 698 g/mol. The number of aromatic nitrogens is 3. The van der Waals surface area contributed by atoms with Crippen LogP contribution in [-0.4, -0.2) is 41.5 Å². The molecule has 6 aromatic rings. The van der Waals surface area contributed by atoms with E-state index in [1.165, 1.54) is 23.5 Å². The minimum absolute atomic E-state index is 0.1000. The number of fused-ring (bicyclic) bond motifs is 2. The van der Waals surface area contributed by atoms with E-state index in [4.69, 9.17) is 21.3 Å². The number of aryl methyl sites for hydroxylation is 1. The van der Waals surface area contributed by atoms with Crippen molar-refractivity contribution >= 4 is 60.1 Å². The number of ether oxygens (including phenoxy) is 1. The summed E-state index contributed by atoms with van der Waals surface area (Å²) in [7, 11) is -5.85. The topological polar surface area (TPSA) is 108 Å². The SMILES string of the molecule is CCOC(=O)Cc1c(C)cc2nc(-c3ccnc(-c4ccc5nc(OS(=O)(=O)C(F)(F)F)ccc5c4)c3)sc2c1-c1ccc(Cl)cc1. The van der Waals surface area contributed by atoms with Crippen molar-refractivity contribution in [3.63, 3.8) is 0 Å². The van der Waals surface area contributed by atoms with Crippen molar-refractivity contribution in [3.05, 3.63) is 95.1 Å². The lowest BCUT2D eigenvalue weighted by Gasteiger charge is -2.14. The summed E-state index contributed by atoms with van der Waals surface area (Å²) in [6, 6.07) is 20.5.